The van der Waals surface area contributed by atoms with E-state index in [0.717, 1.165) is 16.6 Å². The lowest BCUT2D eigenvalue weighted by molar-refractivity contribution is 0.282. The smallest absolute Gasteiger partial charge is 0.326 e. The van der Waals surface area contributed by atoms with E-state index >= 15 is 0 Å². The van der Waals surface area contributed by atoms with Crippen LogP contribution in [0.5, 0.6) is 0 Å². The van der Waals surface area contributed by atoms with E-state index in [0.29, 0.717) is 0 Å². The SMILES string of the molecule is Cn1c(=O)[nH]c2cc(CO)ccc21. The average molecular weight is 178 g/mol. The molecule has 68 valence electrons. The number of hydrogen-bond donors (Lipinski definition) is 2. The summed E-state index contributed by atoms with van der Waals surface area (Å²) in [6, 6.07) is 5.39. The predicted octanol–water partition coefficient (Wildman–Crippen LogP) is 0.359. The summed E-state index contributed by atoms with van der Waals surface area (Å²) < 4.78 is 1.54. The third-order valence-corrected chi connectivity index (χ3v) is 2.15. The number of imidazole rings is 1. The van der Waals surface area contributed by atoms with Gasteiger partial charge in [-0.05, 0) is 17.7 Å². The second-order valence-electron chi connectivity index (χ2n) is 3.00. The molecule has 1 aromatic heterocycles. The molecule has 2 aromatic rings. The second kappa shape index (κ2) is 2.74. The summed E-state index contributed by atoms with van der Waals surface area (Å²) in [5.74, 6) is 0. The molecule has 0 radical (unpaired) electrons. The van der Waals surface area contributed by atoms with Crippen molar-refractivity contribution in [3.63, 3.8) is 0 Å². The van der Waals surface area contributed by atoms with Crippen molar-refractivity contribution in [2.24, 2.45) is 7.05 Å². The number of H-pyrrole nitrogens is 1. The fourth-order valence-corrected chi connectivity index (χ4v) is 1.38. The number of aromatic nitrogens is 2. The highest BCUT2D eigenvalue weighted by molar-refractivity contribution is 5.75. The van der Waals surface area contributed by atoms with Gasteiger partial charge in [0.2, 0.25) is 0 Å². The molecule has 2 N–H and O–H groups in total. The molecule has 0 bridgehead atoms. The molecule has 0 aliphatic carbocycles. The van der Waals surface area contributed by atoms with E-state index in [2.05, 4.69) is 4.98 Å². The highest BCUT2D eigenvalue weighted by Gasteiger charge is 2.02. The molecule has 4 heteroatoms. The predicted molar refractivity (Wildman–Crippen MR) is 49.5 cm³/mol. The van der Waals surface area contributed by atoms with Gasteiger partial charge in [0, 0.05) is 7.05 Å². The van der Waals surface area contributed by atoms with Crippen LogP contribution in [-0.4, -0.2) is 14.7 Å². The van der Waals surface area contributed by atoms with E-state index in [1.54, 1.807) is 19.2 Å². The highest BCUT2D eigenvalue weighted by Crippen LogP contribution is 2.11. The summed E-state index contributed by atoms with van der Waals surface area (Å²) in [5.41, 5.74) is 2.28. The number of hydrogen-bond acceptors (Lipinski definition) is 2. The molecule has 0 fully saturated rings. The lowest BCUT2D eigenvalue weighted by Crippen LogP contribution is -2.11. The molecule has 0 saturated heterocycles. The zero-order valence-corrected chi connectivity index (χ0v) is 7.24. The molecule has 0 aliphatic heterocycles. The maximum absolute atomic E-state index is 11.2. The number of rotatable bonds is 1. The number of fused-ring (bicyclic) bond motifs is 1. The standard InChI is InChI=1S/C9H10N2O2/c1-11-8-3-2-6(5-12)4-7(8)10-9(11)13/h2-4,12H,5H2,1H3,(H,10,13). The number of benzene rings is 1. The normalized spacial score (nSPS) is 10.9. The van der Waals surface area contributed by atoms with E-state index in [-0.39, 0.29) is 12.3 Å². The van der Waals surface area contributed by atoms with Gasteiger partial charge in [-0.2, -0.15) is 0 Å². The van der Waals surface area contributed by atoms with Crippen LogP contribution >= 0.6 is 0 Å². The Morgan fingerprint density at radius 2 is 2.31 bits per heavy atom. The molecule has 0 amide bonds. The molecule has 1 aromatic carbocycles. The number of aromatic amines is 1. The average Bonchev–Trinajstić information content (AvgIpc) is 2.42. The molecule has 4 nitrogen and oxygen atoms in total. The number of nitrogens with one attached hydrogen (secondary N) is 1. The minimum atomic E-state index is -0.134. The van der Waals surface area contributed by atoms with E-state index in [4.69, 9.17) is 5.11 Å². The molecule has 2 rings (SSSR count). The van der Waals surface area contributed by atoms with Crippen molar-refractivity contribution in [3.05, 3.63) is 34.2 Å². The van der Waals surface area contributed by atoms with Gasteiger partial charge >= 0.3 is 5.69 Å². The van der Waals surface area contributed by atoms with Crippen LogP contribution in [0.4, 0.5) is 0 Å². The van der Waals surface area contributed by atoms with Crippen LogP contribution in [0.2, 0.25) is 0 Å². The van der Waals surface area contributed by atoms with Gasteiger partial charge in [0.25, 0.3) is 0 Å². The van der Waals surface area contributed by atoms with Crippen molar-refractivity contribution in [2.75, 3.05) is 0 Å². The zero-order valence-electron chi connectivity index (χ0n) is 7.24. The summed E-state index contributed by atoms with van der Waals surface area (Å²) in [6.07, 6.45) is 0. The van der Waals surface area contributed by atoms with Gasteiger partial charge in [0.15, 0.2) is 0 Å². The Kier molecular flexibility index (Phi) is 1.70. The molecule has 0 aliphatic rings. The summed E-state index contributed by atoms with van der Waals surface area (Å²) in [4.78, 5) is 13.9. The van der Waals surface area contributed by atoms with Crippen LogP contribution in [0, 0.1) is 0 Å². The Hall–Kier alpha value is -1.55. The first kappa shape index (κ1) is 8.07. The first-order valence-corrected chi connectivity index (χ1v) is 4.01. The minimum Gasteiger partial charge on any atom is -0.392 e. The fraction of sp³-hybridized carbons (Fsp3) is 0.222. The van der Waals surface area contributed by atoms with Crippen LogP contribution in [0.25, 0.3) is 11.0 Å². The van der Waals surface area contributed by atoms with Crippen LogP contribution in [0.15, 0.2) is 23.0 Å². The van der Waals surface area contributed by atoms with Crippen molar-refractivity contribution in [1.29, 1.82) is 0 Å². The van der Waals surface area contributed by atoms with E-state index in [1.807, 2.05) is 6.07 Å². The van der Waals surface area contributed by atoms with Crippen molar-refractivity contribution >= 4 is 11.0 Å². The number of nitrogens with zero attached hydrogens (tertiary/aromatic N) is 1. The largest absolute Gasteiger partial charge is 0.392 e. The van der Waals surface area contributed by atoms with Crippen molar-refractivity contribution in [3.8, 4) is 0 Å². The Bertz CT molecular complexity index is 496. The Morgan fingerprint density at radius 1 is 1.54 bits per heavy atom. The first-order valence-electron chi connectivity index (χ1n) is 4.01. The molecular weight excluding hydrogens is 168 g/mol. The van der Waals surface area contributed by atoms with Gasteiger partial charge < -0.3 is 10.1 Å². The van der Waals surface area contributed by atoms with Gasteiger partial charge in [-0.15, -0.1) is 0 Å². The third kappa shape index (κ3) is 1.15. The molecular formula is C9H10N2O2. The monoisotopic (exact) mass is 178 g/mol. The topological polar surface area (TPSA) is 58.0 Å². The fourth-order valence-electron chi connectivity index (χ4n) is 1.38. The van der Waals surface area contributed by atoms with Crippen LogP contribution in [-0.2, 0) is 13.7 Å². The number of aliphatic hydroxyl groups excluding tert-OH is 1. The van der Waals surface area contributed by atoms with Crippen LogP contribution in [0.1, 0.15) is 5.56 Å². The highest BCUT2D eigenvalue weighted by atomic mass is 16.3. The van der Waals surface area contributed by atoms with E-state index in [1.165, 1.54) is 4.57 Å². The molecule has 0 unspecified atom stereocenters. The lowest BCUT2D eigenvalue weighted by atomic mass is 10.2. The quantitative estimate of drug-likeness (QED) is 0.662. The third-order valence-electron chi connectivity index (χ3n) is 2.15. The second-order valence-corrected chi connectivity index (χ2v) is 3.00. The summed E-state index contributed by atoms with van der Waals surface area (Å²) in [6.45, 7) is -0.00708. The van der Waals surface area contributed by atoms with Gasteiger partial charge in [0.1, 0.15) is 0 Å². The van der Waals surface area contributed by atoms with E-state index in [9.17, 15) is 4.79 Å². The summed E-state index contributed by atoms with van der Waals surface area (Å²) in [5, 5.41) is 8.87. The van der Waals surface area contributed by atoms with Crippen LogP contribution < -0.4 is 5.69 Å². The van der Waals surface area contributed by atoms with Gasteiger partial charge in [0.05, 0.1) is 17.6 Å². The zero-order chi connectivity index (χ0) is 9.42. The van der Waals surface area contributed by atoms with Gasteiger partial charge in [-0.25, -0.2) is 4.79 Å². The molecule has 13 heavy (non-hydrogen) atoms. The maximum atomic E-state index is 11.2. The summed E-state index contributed by atoms with van der Waals surface area (Å²) >= 11 is 0. The maximum Gasteiger partial charge on any atom is 0.326 e. The first-order chi connectivity index (χ1) is 6.22. The molecule has 1 heterocycles. The van der Waals surface area contributed by atoms with Gasteiger partial charge in [-0.3, -0.25) is 4.57 Å². The summed E-state index contributed by atoms with van der Waals surface area (Å²) in [7, 11) is 1.71. The minimum absolute atomic E-state index is 0.00708. The van der Waals surface area contributed by atoms with Crippen molar-refractivity contribution in [1.82, 2.24) is 9.55 Å². The Morgan fingerprint density at radius 3 is 3.00 bits per heavy atom. The molecule has 0 saturated carbocycles. The molecule has 0 atom stereocenters. The van der Waals surface area contributed by atoms with Crippen molar-refractivity contribution in [2.45, 2.75) is 6.61 Å². The van der Waals surface area contributed by atoms with Gasteiger partial charge in [-0.1, -0.05) is 6.07 Å². The Balaban J connectivity index is 2.80. The lowest BCUT2D eigenvalue weighted by Gasteiger charge is -1.96. The van der Waals surface area contributed by atoms with Crippen LogP contribution in [0.3, 0.4) is 0 Å². The van der Waals surface area contributed by atoms with Crippen molar-refractivity contribution < 1.29 is 5.11 Å². The number of aryl methyl sites for hydroxylation is 1. The number of aliphatic hydroxyl groups is 1. The Labute approximate surface area is 74.4 Å². The molecule has 0 spiro atoms. The van der Waals surface area contributed by atoms with E-state index < -0.39 is 0 Å².